The van der Waals surface area contributed by atoms with Gasteiger partial charge >= 0.3 is 5.97 Å². The molecule has 244 valence electrons. The molecular formula is C37H30Cl2N2O6S. The summed E-state index contributed by atoms with van der Waals surface area (Å²) in [7, 11) is 3.07. The van der Waals surface area contributed by atoms with E-state index in [0.717, 1.165) is 5.56 Å². The Hall–Kier alpha value is -4.83. The summed E-state index contributed by atoms with van der Waals surface area (Å²) < 4.78 is 24.7. The van der Waals surface area contributed by atoms with Crippen LogP contribution in [0, 0.1) is 0 Å². The fourth-order valence-corrected chi connectivity index (χ4v) is 6.72. The van der Waals surface area contributed by atoms with Gasteiger partial charge in [0.05, 0.1) is 42.7 Å². The fourth-order valence-electron chi connectivity index (χ4n) is 5.43. The lowest BCUT2D eigenvalue weighted by Crippen LogP contribution is -2.40. The van der Waals surface area contributed by atoms with Crippen LogP contribution in [0.4, 0.5) is 0 Å². The van der Waals surface area contributed by atoms with Crippen LogP contribution >= 0.6 is 34.5 Å². The minimum atomic E-state index is -0.891. The molecule has 0 radical (unpaired) electrons. The van der Waals surface area contributed by atoms with Gasteiger partial charge < -0.3 is 18.9 Å². The summed E-state index contributed by atoms with van der Waals surface area (Å²) in [5.74, 6) is 0.904. The first kappa shape index (κ1) is 33.1. The first-order valence-electron chi connectivity index (χ1n) is 15.0. The van der Waals surface area contributed by atoms with E-state index in [-0.39, 0.29) is 24.3 Å². The fraction of sp³-hybridized carbons (Fsp3) is 0.162. The van der Waals surface area contributed by atoms with E-state index in [0.29, 0.717) is 59.0 Å². The Labute approximate surface area is 290 Å². The molecule has 0 saturated heterocycles. The third-order valence-electron chi connectivity index (χ3n) is 7.66. The van der Waals surface area contributed by atoms with Crippen molar-refractivity contribution < 1.29 is 23.7 Å². The summed E-state index contributed by atoms with van der Waals surface area (Å²) in [6.45, 7) is 2.16. The molecule has 6 rings (SSSR count). The second-order valence-corrected chi connectivity index (χ2v) is 12.5. The van der Waals surface area contributed by atoms with Gasteiger partial charge in [-0.15, -0.1) is 0 Å². The number of methoxy groups -OCH3 is 2. The monoisotopic (exact) mass is 700 g/mol. The Morgan fingerprint density at radius 1 is 0.896 bits per heavy atom. The number of nitrogens with zero attached hydrogens (tertiary/aromatic N) is 2. The molecule has 0 unspecified atom stereocenters. The third kappa shape index (κ3) is 6.75. The molecule has 5 aromatic rings. The zero-order valence-corrected chi connectivity index (χ0v) is 28.6. The van der Waals surface area contributed by atoms with Crippen LogP contribution in [0.1, 0.15) is 35.2 Å². The molecule has 1 atom stereocenters. The van der Waals surface area contributed by atoms with Crippen LogP contribution in [0.2, 0.25) is 10.0 Å². The summed E-state index contributed by atoms with van der Waals surface area (Å²) in [6, 6.07) is 26.4. The quantitative estimate of drug-likeness (QED) is 0.148. The lowest BCUT2D eigenvalue weighted by Gasteiger charge is -2.26. The standard InChI is InChI=1S/C37H30Cl2N2O6S/c1-4-46-36(43)32-33(23-8-6-5-7-9-23)40-37-41(34(32)24-12-16-29(44-2)30(19-24)45-3)35(42)31(48-37)20-25-18-27(39)15-17-28(25)47-21-22-10-13-26(38)14-11-22/h5-20,34H,4,21H2,1-3H3/b31-20-/t34-/m0/s1. The molecule has 0 amide bonds. The summed E-state index contributed by atoms with van der Waals surface area (Å²) in [4.78, 5) is 33.5. The second-order valence-electron chi connectivity index (χ2n) is 10.6. The van der Waals surface area contributed by atoms with Crippen LogP contribution in [0.3, 0.4) is 0 Å². The number of carbonyl (C=O) groups excluding carboxylic acids is 1. The molecule has 8 nitrogen and oxygen atoms in total. The van der Waals surface area contributed by atoms with Crippen molar-refractivity contribution in [2.24, 2.45) is 4.99 Å². The molecule has 0 saturated carbocycles. The molecule has 1 aliphatic rings. The third-order valence-corrected chi connectivity index (χ3v) is 9.13. The van der Waals surface area contributed by atoms with Gasteiger partial charge in [0.25, 0.3) is 5.56 Å². The van der Waals surface area contributed by atoms with Crippen LogP contribution in [-0.4, -0.2) is 31.4 Å². The van der Waals surface area contributed by atoms with Gasteiger partial charge in [-0.1, -0.05) is 83.1 Å². The summed E-state index contributed by atoms with van der Waals surface area (Å²) in [5.41, 5.74) is 3.14. The predicted octanol–water partition coefficient (Wildman–Crippen LogP) is 6.84. The normalized spacial score (nSPS) is 14.3. The van der Waals surface area contributed by atoms with Crippen LogP contribution < -0.4 is 29.1 Å². The van der Waals surface area contributed by atoms with E-state index in [2.05, 4.69) is 0 Å². The van der Waals surface area contributed by atoms with Crippen molar-refractivity contribution in [3.05, 3.63) is 149 Å². The molecular weight excluding hydrogens is 671 g/mol. The summed E-state index contributed by atoms with van der Waals surface area (Å²) in [6.07, 6.45) is 1.73. The van der Waals surface area contributed by atoms with Gasteiger partial charge in [-0.3, -0.25) is 9.36 Å². The highest BCUT2D eigenvalue weighted by Gasteiger charge is 2.35. The van der Waals surface area contributed by atoms with E-state index in [1.54, 1.807) is 68.6 Å². The Morgan fingerprint density at radius 3 is 2.31 bits per heavy atom. The largest absolute Gasteiger partial charge is 0.493 e. The van der Waals surface area contributed by atoms with Gasteiger partial charge in [0, 0.05) is 21.2 Å². The maximum Gasteiger partial charge on any atom is 0.338 e. The second kappa shape index (κ2) is 14.5. The number of esters is 1. The van der Waals surface area contributed by atoms with Crippen molar-refractivity contribution in [1.29, 1.82) is 0 Å². The number of ether oxygens (including phenoxy) is 4. The molecule has 2 heterocycles. The maximum absolute atomic E-state index is 14.4. The number of thiazole rings is 1. The molecule has 48 heavy (non-hydrogen) atoms. The SMILES string of the molecule is CCOC(=O)C1=C(c2ccccc2)N=c2s/c(=C\c3cc(Cl)ccc3OCc3ccc(Cl)cc3)c(=O)n2[C@H]1c1ccc(OC)c(OC)c1. The van der Waals surface area contributed by atoms with E-state index < -0.39 is 12.0 Å². The van der Waals surface area contributed by atoms with E-state index in [1.165, 1.54) is 23.0 Å². The lowest BCUT2D eigenvalue weighted by molar-refractivity contribution is -0.138. The van der Waals surface area contributed by atoms with Gasteiger partial charge in [-0.05, 0) is 66.6 Å². The number of hydrogen-bond acceptors (Lipinski definition) is 8. The van der Waals surface area contributed by atoms with Gasteiger partial charge in [-0.2, -0.15) is 0 Å². The smallest absolute Gasteiger partial charge is 0.338 e. The van der Waals surface area contributed by atoms with Crippen LogP contribution in [0.5, 0.6) is 17.2 Å². The Kier molecular flexibility index (Phi) is 10.0. The summed E-state index contributed by atoms with van der Waals surface area (Å²) in [5, 5.41) is 1.11. The Bertz CT molecular complexity index is 2190. The van der Waals surface area contributed by atoms with E-state index in [4.69, 9.17) is 47.1 Å². The lowest BCUT2D eigenvalue weighted by atomic mass is 9.93. The van der Waals surface area contributed by atoms with Crippen molar-refractivity contribution in [3.63, 3.8) is 0 Å². The number of carbonyl (C=O) groups is 1. The van der Waals surface area contributed by atoms with Crippen LogP contribution in [0.15, 0.2) is 106 Å². The minimum absolute atomic E-state index is 0.140. The van der Waals surface area contributed by atoms with Crippen molar-refractivity contribution in [1.82, 2.24) is 4.57 Å². The van der Waals surface area contributed by atoms with Crippen molar-refractivity contribution >= 4 is 52.3 Å². The topological polar surface area (TPSA) is 88.4 Å². The van der Waals surface area contributed by atoms with Crippen molar-refractivity contribution in [2.75, 3.05) is 20.8 Å². The predicted molar refractivity (Wildman–Crippen MR) is 188 cm³/mol. The van der Waals surface area contributed by atoms with E-state index >= 15 is 0 Å². The van der Waals surface area contributed by atoms with Crippen molar-refractivity contribution in [2.45, 2.75) is 19.6 Å². The molecule has 1 aromatic heterocycles. The Morgan fingerprint density at radius 2 is 1.60 bits per heavy atom. The average Bonchev–Trinajstić information content (AvgIpc) is 3.41. The number of rotatable bonds is 10. The Balaban J connectivity index is 1.56. The average molecular weight is 702 g/mol. The zero-order chi connectivity index (χ0) is 33.8. The van der Waals surface area contributed by atoms with Crippen LogP contribution in [0.25, 0.3) is 11.8 Å². The highest BCUT2D eigenvalue weighted by Crippen LogP contribution is 2.38. The van der Waals surface area contributed by atoms with Gasteiger partial charge in [0.2, 0.25) is 0 Å². The zero-order valence-electron chi connectivity index (χ0n) is 26.2. The molecule has 0 bridgehead atoms. The number of benzene rings is 4. The number of aromatic nitrogens is 1. The minimum Gasteiger partial charge on any atom is -0.493 e. The van der Waals surface area contributed by atoms with Crippen molar-refractivity contribution in [3.8, 4) is 17.2 Å². The van der Waals surface area contributed by atoms with Crippen LogP contribution in [-0.2, 0) is 16.1 Å². The number of hydrogen-bond donors (Lipinski definition) is 0. The highest BCUT2D eigenvalue weighted by atomic mass is 35.5. The van der Waals surface area contributed by atoms with Gasteiger partial charge in [0.1, 0.15) is 12.4 Å². The number of fused-ring (bicyclic) bond motifs is 1. The van der Waals surface area contributed by atoms with Gasteiger partial charge in [-0.25, -0.2) is 9.79 Å². The molecule has 0 fully saturated rings. The molecule has 11 heteroatoms. The molecule has 1 aliphatic heterocycles. The highest BCUT2D eigenvalue weighted by molar-refractivity contribution is 7.07. The van der Waals surface area contributed by atoms with E-state index in [1.807, 2.05) is 42.5 Å². The first-order valence-corrected chi connectivity index (χ1v) is 16.6. The molecule has 0 aliphatic carbocycles. The molecule has 4 aromatic carbocycles. The van der Waals surface area contributed by atoms with Gasteiger partial charge in [0.15, 0.2) is 16.3 Å². The molecule has 0 N–H and O–H groups in total. The summed E-state index contributed by atoms with van der Waals surface area (Å²) >= 11 is 13.7. The maximum atomic E-state index is 14.4. The van der Waals surface area contributed by atoms with E-state index in [9.17, 15) is 9.59 Å². The molecule has 0 spiro atoms. The first-order chi connectivity index (χ1) is 23.3. The number of halogens is 2.